The van der Waals surface area contributed by atoms with E-state index in [1.165, 1.54) is 18.2 Å². The number of carbonyl (C=O) groups excluding carboxylic acids is 1. The number of rotatable bonds is 9. The molecule has 0 atom stereocenters. The Morgan fingerprint density at radius 1 is 1.14 bits per heavy atom. The zero-order chi connectivity index (χ0) is 21.6. The fourth-order valence-electron chi connectivity index (χ4n) is 2.50. The molecule has 0 radical (unpaired) electrons. The Labute approximate surface area is 176 Å². The first kappa shape index (κ1) is 23.2. The van der Waals surface area contributed by atoms with Crippen LogP contribution in [0.25, 0.3) is 0 Å². The highest BCUT2D eigenvalue weighted by molar-refractivity contribution is 7.89. The second kappa shape index (κ2) is 10.1. The van der Waals surface area contributed by atoms with Gasteiger partial charge in [0.15, 0.2) is 0 Å². The summed E-state index contributed by atoms with van der Waals surface area (Å²) in [4.78, 5) is 12.8. The molecule has 0 aliphatic carbocycles. The number of anilines is 1. The van der Waals surface area contributed by atoms with E-state index in [4.69, 9.17) is 21.1 Å². The molecule has 0 aliphatic rings. The molecule has 2 aromatic carbocycles. The third-order valence-electron chi connectivity index (χ3n) is 3.81. The van der Waals surface area contributed by atoms with Crippen LogP contribution < -0.4 is 14.8 Å². The normalized spacial score (nSPS) is 11.5. The van der Waals surface area contributed by atoms with E-state index in [0.29, 0.717) is 24.7 Å². The number of aryl methyl sites for hydroxylation is 1. The molecule has 158 valence electrons. The summed E-state index contributed by atoms with van der Waals surface area (Å²) in [5.41, 5.74) is 1.45. The van der Waals surface area contributed by atoms with Crippen LogP contribution in [0.5, 0.6) is 5.75 Å². The van der Waals surface area contributed by atoms with Gasteiger partial charge in [-0.2, -0.15) is 0 Å². The van der Waals surface area contributed by atoms with Crippen molar-refractivity contribution in [2.45, 2.75) is 31.7 Å². The van der Waals surface area contributed by atoms with E-state index in [-0.39, 0.29) is 21.5 Å². The first-order valence-electron chi connectivity index (χ1n) is 8.99. The second-order valence-corrected chi connectivity index (χ2v) is 8.83. The van der Waals surface area contributed by atoms with Gasteiger partial charge in [0.2, 0.25) is 10.0 Å². The zero-order valence-corrected chi connectivity index (χ0v) is 18.4. The maximum atomic E-state index is 12.8. The molecule has 0 heterocycles. The van der Waals surface area contributed by atoms with E-state index in [1.807, 2.05) is 13.0 Å². The molecule has 29 heavy (non-hydrogen) atoms. The molecule has 2 N–H and O–H groups in total. The fraction of sp³-hybridized carbons (Fsp3) is 0.350. The average Bonchev–Trinajstić information content (AvgIpc) is 2.63. The predicted molar refractivity (Wildman–Crippen MR) is 113 cm³/mol. The fourth-order valence-corrected chi connectivity index (χ4v) is 3.98. The largest absolute Gasteiger partial charge is 0.489 e. The summed E-state index contributed by atoms with van der Waals surface area (Å²) in [5.74, 6) is -0.0613. The van der Waals surface area contributed by atoms with Gasteiger partial charge in [0, 0.05) is 13.2 Å². The van der Waals surface area contributed by atoms with Crippen molar-refractivity contribution in [3.05, 3.63) is 52.5 Å². The van der Waals surface area contributed by atoms with Gasteiger partial charge in [-0.1, -0.05) is 17.7 Å². The lowest BCUT2D eigenvalue weighted by Crippen LogP contribution is -2.30. The van der Waals surface area contributed by atoms with Crippen LogP contribution in [0.4, 0.5) is 5.69 Å². The van der Waals surface area contributed by atoms with E-state index in [0.717, 1.165) is 5.56 Å². The highest BCUT2D eigenvalue weighted by Crippen LogP contribution is 2.28. The molecule has 0 spiro atoms. The van der Waals surface area contributed by atoms with Crippen molar-refractivity contribution >= 4 is 33.2 Å². The van der Waals surface area contributed by atoms with E-state index < -0.39 is 15.9 Å². The lowest BCUT2D eigenvalue weighted by atomic mass is 10.1. The summed E-state index contributed by atoms with van der Waals surface area (Å²) < 4.78 is 37.9. The van der Waals surface area contributed by atoms with Gasteiger partial charge in [0.05, 0.1) is 27.8 Å². The summed E-state index contributed by atoms with van der Waals surface area (Å²) in [6.45, 7) is 6.04. The van der Waals surface area contributed by atoms with E-state index in [9.17, 15) is 13.2 Å². The minimum absolute atomic E-state index is 0.0405. The van der Waals surface area contributed by atoms with Gasteiger partial charge in [-0.15, -0.1) is 0 Å². The highest BCUT2D eigenvalue weighted by atomic mass is 35.5. The van der Waals surface area contributed by atoms with Crippen LogP contribution in [0, 0.1) is 6.92 Å². The zero-order valence-electron chi connectivity index (χ0n) is 16.8. The Kier molecular flexibility index (Phi) is 8.04. The minimum Gasteiger partial charge on any atom is -0.489 e. The summed E-state index contributed by atoms with van der Waals surface area (Å²) in [6, 6.07) is 9.04. The van der Waals surface area contributed by atoms with Crippen LogP contribution in [-0.4, -0.2) is 40.7 Å². The Balaban J connectivity index is 2.31. The number of hydrogen-bond acceptors (Lipinski definition) is 5. The molecule has 9 heteroatoms. The number of sulfonamides is 1. The number of benzene rings is 2. The number of amides is 1. The SMILES string of the molecule is COCCOc1cc(C)ccc1NC(=O)c1cc(S(=O)(=O)NC(C)C)ccc1Cl. The Morgan fingerprint density at radius 2 is 1.86 bits per heavy atom. The standard InChI is InChI=1S/C20H25ClN2O5S/c1-13(2)23-29(25,26)15-6-7-17(21)16(12-15)20(24)22-18-8-5-14(3)11-19(18)28-10-9-27-4/h5-8,11-13,23H,9-10H2,1-4H3,(H,22,24). The van der Waals surface area contributed by atoms with Gasteiger partial charge >= 0.3 is 0 Å². The first-order chi connectivity index (χ1) is 13.6. The molecule has 0 aromatic heterocycles. The van der Waals surface area contributed by atoms with Crippen LogP contribution in [0.3, 0.4) is 0 Å². The molecule has 2 aromatic rings. The molecule has 0 aliphatic heterocycles. The number of carbonyl (C=O) groups is 1. The Morgan fingerprint density at radius 3 is 2.52 bits per heavy atom. The highest BCUT2D eigenvalue weighted by Gasteiger charge is 2.20. The van der Waals surface area contributed by atoms with Crippen molar-refractivity contribution in [3.63, 3.8) is 0 Å². The Hall–Kier alpha value is -2.13. The van der Waals surface area contributed by atoms with Gasteiger partial charge in [0.25, 0.3) is 5.91 Å². The van der Waals surface area contributed by atoms with Crippen LogP contribution >= 0.6 is 11.6 Å². The maximum absolute atomic E-state index is 12.8. The molecule has 0 saturated heterocycles. The van der Waals surface area contributed by atoms with Crippen LogP contribution in [0.1, 0.15) is 29.8 Å². The smallest absolute Gasteiger partial charge is 0.257 e. The molecule has 0 fully saturated rings. The Bertz CT molecular complexity index is 977. The lowest BCUT2D eigenvalue weighted by molar-refractivity contribution is 0.102. The quantitative estimate of drug-likeness (QED) is 0.581. The summed E-state index contributed by atoms with van der Waals surface area (Å²) in [7, 11) is -2.19. The summed E-state index contributed by atoms with van der Waals surface area (Å²) in [6.07, 6.45) is 0. The van der Waals surface area contributed by atoms with E-state index in [2.05, 4.69) is 10.0 Å². The van der Waals surface area contributed by atoms with Gasteiger partial charge in [-0.05, 0) is 56.7 Å². The van der Waals surface area contributed by atoms with Gasteiger partial charge < -0.3 is 14.8 Å². The van der Waals surface area contributed by atoms with Gasteiger partial charge in [-0.3, -0.25) is 4.79 Å². The average molecular weight is 441 g/mol. The first-order valence-corrected chi connectivity index (χ1v) is 10.9. The third kappa shape index (κ3) is 6.43. The van der Waals surface area contributed by atoms with Crippen molar-refractivity contribution in [1.82, 2.24) is 4.72 Å². The molecule has 1 amide bonds. The third-order valence-corrected chi connectivity index (χ3v) is 5.80. The number of nitrogens with one attached hydrogen (secondary N) is 2. The van der Waals surface area contributed by atoms with E-state index in [1.54, 1.807) is 33.1 Å². The van der Waals surface area contributed by atoms with Crippen LogP contribution in [0.2, 0.25) is 5.02 Å². The van der Waals surface area contributed by atoms with Crippen molar-refractivity contribution < 1.29 is 22.7 Å². The number of ether oxygens (including phenoxy) is 2. The number of hydrogen-bond donors (Lipinski definition) is 2. The minimum atomic E-state index is -3.76. The molecule has 0 saturated carbocycles. The predicted octanol–water partition coefficient (Wildman–Crippen LogP) is 3.61. The molecule has 2 rings (SSSR count). The molecule has 0 bridgehead atoms. The molecular formula is C20H25ClN2O5S. The monoisotopic (exact) mass is 440 g/mol. The number of methoxy groups -OCH3 is 1. The summed E-state index contributed by atoms with van der Waals surface area (Å²) in [5, 5.41) is 2.88. The van der Waals surface area contributed by atoms with Gasteiger partial charge in [0.1, 0.15) is 12.4 Å². The van der Waals surface area contributed by atoms with Crippen LogP contribution in [-0.2, 0) is 14.8 Å². The molecular weight excluding hydrogens is 416 g/mol. The van der Waals surface area contributed by atoms with Crippen molar-refractivity contribution in [2.24, 2.45) is 0 Å². The van der Waals surface area contributed by atoms with Crippen molar-refractivity contribution in [2.75, 3.05) is 25.6 Å². The van der Waals surface area contributed by atoms with Crippen LogP contribution in [0.15, 0.2) is 41.3 Å². The summed E-state index contributed by atoms with van der Waals surface area (Å²) >= 11 is 6.16. The molecule has 7 nitrogen and oxygen atoms in total. The topological polar surface area (TPSA) is 93.7 Å². The number of halogens is 1. The van der Waals surface area contributed by atoms with Crippen molar-refractivity contribution in [3.8, 4) is 5.75 Å². The second-order valence-electron chi connectivity index (χ2n) is 6.71. The molecule has 0 unspecified atom stereocenters. The van der Waals surface area contributed by atoms with Gasteiger partial charge in [-0.25, -0.2) is 13.1 Å². The maximum Gasteiger partial charge on any atom is 0.257 e. The van der Waals surface area contributed by atoms with Crippen molar-refractivity contribution in [1.29, 1.82) is 0 Å². The van der Waals surface area contributed by atoms with E-state index >= 15 is 0 Å². The lowest BCUT2D eigenvalue weighted by Gasteiger charge is -2.15.